The molecule has 0 aliphatic carbocycles. The highest BCUT2D eigenvalue weighted by molar-refractivity contribution is 5.47. The molecule has 4 rings (SSSR count). The van der Waals surface area contributed by atoms with E-state index in [1.807, 2.05) is 18.2 Å². The molecule has 1 aromatic heterocycles. The van der Waals surface area contributed by atoms with E-state index >= 15 is 0 Å². The second kappa shape index (κ2) is 6.79. The van der Waals surface area contributed by atoms with Gasteiger partial charge in [0.05, 0.1) is 18.9 Å². The summed E-state index contributed by atoms with van der Waals surface area (Å²) in [4.78, 5) is 7.00. The van der Waals surface area contributed by atoms with Gasteiger partial charge in [-0.3, -0.25) is 4.90 Å². The van der Waals surface area contributed by atoms with Crippen molar-refractivity contribution in [1.82, 2.24) is 9.88 Å². The number of hydrogen-bond donors (Lipinski definition) is 1. The minimum atomic E-state index is 0.287. The monoisotopic (exact) mass is 325 g/mol. The Morgan fingerprint density at radius 1 is 1.08 bits per heavy atom. The van der Waals surface area contributed by atoms with E-state index in [1.54, 1.807) is 0 Å². The van der Waals surface area contributed by atoms with Crippen molar-refractivity contribution in [2.75, 3.05) is 38.6 Å². The van der Waals surface area contributed by atoms with Crippen molar-refractivity contribution < 1.29 is 9.47 Å². The summed E-state index contributed by atoms with van der Waals surface area (Å²) >= 11 is 0. The number of benzene rings is 1. The second-order valence-electron chi connectivity index (χ2n) is 6.39. The lowest BCUT2D eigenvalue weighted by Gasteiger charge is -2.28. The van der Waals surface area contributed by atoms with Crippen molar-refractivity contribution >= 4 is 5.82 Å². The Labute approximate surface area is 142 Å². The van der Waals surface area contributed by atoms with Crippen LogP contribution in [0, 0.1) is 0 Å². The van der Waals surface area contributed by atoms with Crippen LogP contribution >= 0.6 is 0 Å². The van der Waals surface area contributed by atoms with Gasteiger partial charge in [0, 0.05) is 24.6 Å². The number of pyridine rings is 1. The molecule has 2 aliphatic rings. The van der Waals surface area contributed by atoms with Crippen LogP contribution < -0.4 is 10.5 Å². The van der Waals surface area contributed by atoms with Gasteiger partial charge in [0.2, 0.25) is 0 Å². The van der Waals surface area contributed by atoms with Gasteiger partial charge in [-0.1, -0.05) is 24.3 Å². The highest BCUT2D eigenvalue weighted by Gasteiger charge is 2.26. The lowest BCUT2D eigenvalue weighted by atomic mass is 9.87. The maximum Gasteiger partial charge on any atom is 0.131 e. The second-order valence-corrected chi connectivity index (χ2v) is 6.39. The van der Waals surface area contributed by atoms with Crippen molar-refractivity contribution in [1.29, 1.82) is 0 Å². The SMILES string of the molecule is Nc1ccc2c(n1)COc1ccccc1C2CCN1CCOCC1. The quantitative estimate of drug-likeness (QED) is 0.939. The number of aromatic nitrogens is 1. The number of rotatable bonds is 3. The molecule has 1 aromatic carbocycles. The Kier molecular flexibility index (Phi) is 4.36. The molecule has 2 aromatic rings. The first-order valence-electron chi connectivity index (χ1n) is 8.58. The highest BCUT2D eigenvalue weighted by Crippen LogP contribution is 2.39. The van der Waals surface area contributed by atoms with E-state index in [0.29, 0.717) is 12.4 Å². The fraction of sp³-hybridized carbons (Fsp3) is 0.421. The first-order chi connectivity index (χ1) is 11.8. The number of nitrogen functional groups attached to an aromatic ring is 1. The maximum absolute atomic E-state index is 6.00. The molecule has 0 radical (unpaired) electrons. The summed E-state index contributed by atoms with van der Waals surface area (Å²) < 4.78 is 11.5. The number of para-hydroxylation sites is 1. The smallest absolute Gasteiger partial charge is 0.131 e. The molecule has 1 saturated heterocycles. The maximum atomic E-state index is 6.00. The molecule has 1 unspecified atom stereocenters. The van der Waals surface area contributed by atoms with Crippen LogP contribution in [0.1, 0.15) is 29.2 Å². The minimum absolute atomic E-state index is 0.287. The Balaban J connectivity index is 1.65. The van der Waals surface area contributed by atoms with Gasteiger partial charge < -0.3 is 15.2 Å². The summed E-state index contributed by atoms with van der Waals surface area (Å²) in [6.45, 7) is 5.21. The Morgan fingerprint density at radius 2 is 1.92 bits per heavy atom. The van der Waals surface area contributed by atoms with Crippen molar-refractivity contribution in [2.45, 2.75) is 18.9 Å². The number of nitrogens with two attached hydrogens (primary N) is 1. The largest absolute Gasteiger partial charge is 0.487 e. The zero-order valence-electron chi connectivity index (χ0n) is 13.8. The fourth-order valence-corrected chi connectivity index (χ4v) is 3.62. The summed E-state index contributed by atoms with van der Waals surface area (Å²) in [5.41, 5.74) is 9.33. The summed E-state index contributed by atoms with van der Waals surface area (Å²) in [6, 6.07) is 12.3. The van der Waals surface area contributed by atoms with Gasteiger partial charge in [0.1, 0.15) is 18.2 Å². The molecule has 0 bridgehead atoms. The Bertz CT molecular complexity index is 714. The van der Waals surface area contributed by atoms with E-state index in [4.69, 9.17) is 15.2 Å². The molecule has 5 heteroatoms. The van der Waals surface area contributed by atoms with Crippen LogP contribution in [-0.4, -0.2) is 42.7 Å². The number of hydrogen-bond acceptors (Lipinski definition) is 5. The topological polar surface area (TPSA) is 60.6 Å². The molecule has 1 atom stereocenters. The van der Waals surface area contributed by atoms with Gasteiger partial charge in [-0.05, 0) is 30.7 Å². The Morgan fingerprint density at radius 3 is 2.79 bits per heavy atom. The predicted molar refractivity (Wildman–Crippen MR) is 93.1 cm³/mol. The van der Waals surface area contributed by atoms with Crippen molar-refractivity contribution in [3.05, 3.63) is 53.2 Å². The molecule has 3 heterocycles. The molecule has 0 amide bonds. The van der Waals surface area contributed by atoms with E-state index in [9.17, 15) is 0 Å². The standard InChI is InChI=1S/C19H23N3O2/c20-19-6-5-15-14(7-8-22-9-11-23-12-10-22)16-3-1-2-4-18(16)24-13-17(15)21-19/h1-6,14H,7-13H2,(H2,20,21). The molecule has 24 heavy (non-hydrogen) atoms. The van der Waals surface area contributed by atoms with Crippen LogP contribution in [0.3, 0.4) is 0 Å². The van der Waals surface area contributed by atoms with E-state index in [0.717, 1.165) is 50.7 Å². The fourth-order valence-electron chi connectivity index (χ4n) is 3.62. The third-order valence-electron chi connectivity index (χ3n) is 4.90. The van der Waals surface area contributed by atoms with Crippen LogP contribution in [0.5, 0.6) is 5.75 Å². The van der Waals surface area contributed by atoms with E-state index < -0.39 is 0 Å². The molecule has 126 valence electrons. The van der Waals surface area contributed by atoms with Crippen LogP contribution in [0.2, 0.25) is 0 Å². The first kappa shape index (κ1) is 15.4. The van der Waals surface area contributed by atoms with Gasteiger partial charge >= 0.3 is 0 Å². The molecular weight excluding hydrogens is 302 g/mol. The number of anilines is 1. The van der Waals surface area contributed by atoms with E-state index in [-0.39, 0.29) is 5.92 Å². The molecule has 5 nitrogen and oxygen atoms in total. The van der Waals surface area contributed by atoms with Crippen LogP contribution in [0.15, 0.2) is 36.4 Å². The summed E-state index contributed by atoms with van der Waals surface area (Å²) in [5.74, 6) is 1.80. The number of morpholine rings is 1. The summed E-state index contributed by atoms with van der Waals surface area (Å²) in [6.07, 6.45) is 1.04. The number of nitrogens with zero attached hydrogens (tertiary/aromatic N) is 2. The van der Waals surface area contributed by atoms with Gasteiger partial charge in [0.25, 0.3) is 0 Å². The molecule has 2 aliphatic heterocycles. The molecule has 2 N–H and O–H groups in total. The van der Waals surface area contributed by atoms with E-state index in [1.165, 1.54) is 11.1 Å². The number of ether oxygens (including phenoxy) is 2. The third kappa shape index (κ3) is 3.09. The van der Waals surface area contributed by atoms with Gasteiger partial charge in [-0.15, -0.1) is 0 Å². The molecule has 0 spiro atoms. The normalized spacial score (nSPS) is 20.6. The molecule has 0 saturated carbocycles. The van der Waals surface area contributed by atoms with Crippen LogP contribution in [0.25, 0.3) is 0 Å². The van der Waals surface area contributed by atoms with Crippen molar-refractivity contribution in [3.8, 4) is 5.75 Å². The molecular formula is C19H23N3O2. The first-order valence-corrected chi connectivity index (χ1v) is 8.58. The average Bonchev–Trinajstić information content (AvgIpc) is 2.77. The molecule has 1 fully saturated rings. The van der Waals surface area contributed by atoms with Crippen LogP contribution in [-0.2, 0) is 11.3 Å². The summed E-state index contributed by atoms with van der Waals surface area (Å²) in [5, 5.41) is 0. The number of fused-ring (bicyclic) bond motifs is 2. The Hall–Kier alpha value is -2.11. The minimum Gasteiger partial charge on any atom is -0.487 e. The average molecular weight is 325 g/mol. The van der Waals surface area contributed by atoms with Gasteiger partial charge in [0.15, 0.2) is 0 Å². The van der Waals surface area contributed by atoms with Gasteiger partial charge in [-0.25, -0.2) is 4.98 Å². The van der Waals surface area contributed by atoms with E-state index in [2.05, 4.69) is 28.1 Å². The zero-order valence-corrected chi connectivity index (χ0v) is 13.8. The lowest BCUT2D eigenvalue weighted by molar-refractivity contribution is 0.0369. The van der Waals surface area contributed by atoms with Crippen molar-refractivity contribution in [2.24, 2.45) is 0 Å². The zero-order chi connectivity index (χ0) is 16.4. The van der Waals surface area contributed by atoms with Gasteiger partial charge in [-0.2, -0.15) is 0 Å². The third-order valence-corrected chi connectivity index (χ3v) is 4.90. The van der Waals surface area contributed by atoms with Crippen LogP contribution in [0.4, 0.5) is 5.82 Å². The predicted octanol–water partition coefficient (Wildman–Crippen LogP) is 2.41. The lowest BCUT2D eigenvalue weighted by Crippen LogP contribution is -2.37. The highest BCUT2D eigenvalue weighted by atomic mass is 16.5. The van der Waals surface area contributed by atoms with Crippen molar-refractivity contribution in [3.63, 3.8) is 0 Å². The summed E-state index contributed by atoms with van der Waals surface area (Å²) in [7, 11) is 0.